The third-order valence-corrected chi connectivity index (χ3v) is 6.39. The van der Waals surface area contributed by atoms with Gasteiger partial charge in [-0.15, -0.1) is 11.8 Å². The standard InChI is InChI=1S/C21H15Cl3OS/c22-16-11-9-14(10-12-16)18(25)13-20(15-5-2-1-3-6-15)26-19-8-4-7-17(23)21(19)24/h1-12,20H,13H2. The van der Waals surface area contributed by atoms with Crippen LogP contribution in [0, 0.1) is 0 Å². The minimum atomic E-state index is -0.0738. The molecule has 0 aromatic heterocycles. The number of ketones is 1. The van der Waals surface area contributed by atoms with Crippen LogP contribution >= 0.6 is 46.6 Å². The summed E-state index contributed by atoms with van der Waals surface area (Å²) in [6.45, 7) is 0. The fourth-order valence-corrected chi connectivity index (χ4v) is 4.37. The first kappa shape index (κ1) is 19.3. The number of carbonyl (C=O) groups is 1. The average molecular weight is 422 g/mol. The van der Waals surface area contributed by atoms with Crippen molar-refractivity contribution in [3.63, 3.8) is 0 Å². The van der Waals surface area contributed by atoms with Crippen molar-refractivity contribution in [1.29, 1.82) is 0 Å². The van der Waals surface area contributed by atoms with Gasteiger partial charge in [-0.05, 0) is 42.0 Å². The number of rotatable bonds is 6. The molecular formula is C21H15Cl3OS. The Morgan fingerprint density at radius 3 is 2.23 bits per heavy atom. The topological polar surface area (TPSA) is 17.1 Å². The summed E-state index contributed by atoms with van der Waals surface area (Å²) < 4.78 is 0. The number of hydrogen-bond acceptors (Lipinski definition) is 2. The number of Topliss-reactive ketones (excluding diaryl/α,β-unsaturated/α-hetero) is 1. The summed E-state index contributed by atoms with van der Waals surface area (Å²) in [5, 5.41) is 1.56. The van der Waals surface area contributed by atoms with Crippen LogP contribution in [0.15, 0.2) is 77.7 Å². The van der Waals surface area contributed by atoms with E-state index < -0.39 is 0 Å². The Morgan fingerprint density at radius 1 is 0.846 bits per heavy atom. The van der Waals surface area contributed by atoms with E-state index in [-0.39, 0.29) is 11.0 Å². The van der Waals surface area contributed by atoms with Gasteiger partial charge < -0.3 is 0 Å². The fourth-order valence-electron chi connectivity index (χ4n) is 2.55. The van der Waals surface area contributed by atoms with E-state index in [9.17, 15) is 4.79 Å². The highest BCUT2D eigenvalue weighted by molar-refractivity contribution is 7.99. The molecular weight excluding hydrogens is 407 g/mol. The normalized spacial score (nSPS) is 12.0. The highest BCUT2D eigenvalue weighted by Gasteiger charge is 2.20. The zero-order chi connectivity index (χ0) is 18.5. The summed E-state index contributed by atoms with van der Waals surface area (Å²) >= 11 is 19.9. The van der Waals surface area contributed by atoms with Gasteiger partial charge in [-0.25, -0.2) is 0 Å². The highest BCUT2D eigenvalue weighted by atomic mass is 35.5. The number of halogens is 3. The van der Waals surface area contributed by atoms with E-state index >= 15 is 0 Å². The predicted octanol–water partition coefficient (Wildman–Crippen LogP) is 7.75. The van der Waals surface area contributed by atoms with Gasteiger partial charge in [0.05, 0.1) is 10.0 Å². The van der Waals surface area contributed by atoms with Crippen LogP contribution in [-0.2, 0) is 0 Å². The molecule has 26 heavy (non-hydrogen) atoms. The maximum absolute atomic E-state index is 12.8. The van der Waals surface area contributed by atoms with Gasteiger partial charge in [0.1, 0.15) is 0 Å². The lowest BCUT2D eigenvalue weighted by molar-refractivity contribution is 0.0982. The van der Waals surface area contributed by atoms with E-state index in [0.29, 0.717) is 27.1 Å². The smallest absolute Gasteiger partial charge is 0.164 e. The van der Waals surface area contributed by atoms with E-state index in [4.69, 9.17) is 34.8 Å². The van der Waals surface area contributed by atoms with Gasteiger partial charge in [0.25, 0.3) is 0 Å². The molecule has 132 valence electrons. The van der Waals surface area contributed by atoms with Crippen LogP contribution in [0.25, 0.3) is 0 Å². The monoisotopic (exact) mass is 420 g/mol. The molecule has 1 atom stereocenters. The Bertz CT molecular complexity index is 895. The number of thioether (sulfide) groups is 1. The minimum absolute atomic E-state index is 0.0566. The number of hydrogen-bond donors (Lipinski definition) is 0. The zero-order valence-electron chi connectivity index (χ0n) is 13.7. The van der Waals surface area contributed by atoms with E-state index in [2.05, 4.69) is 0 Å². The maximum atomic E-state index is 12.8. The van der Waals surface area contributed by atoms with E-state index in [1.165, 1.54) is 0 Å². The quantitative estimate of drug-likeness (QED) is 0.299. The maximum Gasteiger partial charge on any atom is 0.164 e. The van der Waals surface area contributed by atoms with Crippen LogP contribution in [0.3, 0.4) is 0 Å². The van der Waals surface area contributed by atoms with Crippen molar-refractivity contribution in [3.05, 3.63) is 99.0 Å². The van der Waals surface area contributed by atoms with Gasteiger partial charge in [-0.3, -0.25) is 4.79 Å². The van der Waals surface area contributed by atoms with Crippen LogP contribution in [0.2, 0.25) is 15.1 Å². The van der Waals surface area contributed by atoms with Crippen molar-refractivity contribution in [2.45, 2.75) is 16.6 Å². The number of benzene rings is 3. The van der Waals surface area contributed by atoms with Crippen LogP contribution < -0.4 is 0 Å². The van der Waals surface area contributed by atoms with Gasteiger partial charge in [-0.2, -0.15) is 0 Å². The first-order chi connectivity index (χ1) is 12.5. The summed E-state index contributed by atoms with van der Waals surface area (Å²) in [5.41, 5.74) is 1.71. The Morgan fingerprint density at radius 2 is 1.54 bits per heavy atom. The summed E-state index contributed by atoms with van der Waals surface area (Å²) in [5.74, 6) is 0.0566. The summed E-state index contributed by atoms with van der Waals surface area (Å²) in [4.78, 5) is 13.6. The van der Waals surface area contributed by atoms with Crippen LogP contribution in [-0.4, -0.2) is 5.78 Å². The lowest BCUT2D eigenvalue weighted by atomic mass is 10.0. The van der Waals surface area contributed by atoms with Crippen molar-refractivity contribution in [2.75, 3.05) is 0 Å². The summed E-state index contributed by atoms with van der Waals surface area (Å²) in [7, 11) is 0. The lowest BCUT2D eigenvalue weighted by Crippen LogP contribution is -2.05. The molecule has 0 fully saturated rings. The summed E-state index contributed by atoms with van der Waals surface area (Å²) in [6, 6.07) is 22.4. The molecule has 1 nitrogen and oxygen atoms in total. The molecule has 3 aromatic rings. The number of carbonyl (C=O) groups excluding carboxylic acids is 1. The largest absolute Gasteiger partial charge is 0.294 e. The van der Waals surface area contributed by atoms with Gasteiger partial charge in [0, 0.05) is 27.2 Å². The molecule has 0 saturated carbocycles. The molecule has 1 unspecified atom stereocenters. The zero-order valence-corrected chi connectivity index (χ0v) is 16.7. The van der Waals surface area contributed by atoms with Gasteiger partial charge in [-0.1, -0.05) is 71.2 Å². The molecule has 3 rings (SSSR count). The first-order valence-corrected chi connectivity index (χ1v) is 10.0. The second kappa shape index (κ2) is 8.96. The van der Waals surface area contributed by atoms with Gasteiger partial charge in [0.2, 0.25) is 0 Å². The Labute approximate surface area is 172 Å². The molecule has 0 bridgehead atoms. The van der Waals surface area contributed by atoms with Crippen LogP contribution in [0.5, 0.6) is 0 Å². The molecule has 3 aromatic carbocycles. The molecule has 0 radical (unpaired) electrons. The van der Waals surface area contributed by atoms with Crippen molar-refractivity contribution < 1.29 is 4.79 Å². The third-order valence-electron chi connectivity index (χ3n) is 3.89. The van der Waals surface area contributed by atoms with Gasteiger partial charge in [0.15, 0.2) is 5.78 Å². The minimum Gasteiger partial charge on any atom is -0.294 e. The molecule has 0 aliphatic carbocycles. The van der Waals surface area contributed by atoms with Crippen molar-refractivity contribution in [1.82, 2.24) is 0 Å². The fraction of sp³-hybridized carbons (Fsp3) is 0.0952. The third kappa shape index (κ3) is 4.83. The first-order valence-electron chi connectivity index (χ1n) is 7.99. The van der Waals surface area contributed by atoms with Crippen molar-refractivity contribution in [2.24, 2.45) is 0 Å². The predicted molar refractivity (Wildman–Crippen MR) is 112 cm³/mol. The Kier molecular flexibility index (Phi) is 6.66. The van der Waals surface area contributed by atoms with Crippen molar-refractivity contribution >= 4 is 52.3 Å². The summed E-state index contributed by atoms with van der Waals surface area (Å²) in [6.07, 6.45) is 0.346. The van der Waals surface area contributed by atoms with E-state index in [1.807, 2.05) is 42.5 Å². The molecule has 5 heteroatoms. The average Bonchev–Trinajstić information content (AvgIpc) is 2.66. The Hall–Kier alpha value is -1.45. The molecule has 0 heterocycles. The molecule has 0 amide bonds. The van der Waals surface area contributed by atoms with Crippen LogP contribution in [0.4, 0.5) is 0 Å². The highest BCUT2D eigenvalue weighted by Crippen LogP contribution is 2.43. The molecule has 0 aliphatic heterocycles. The molecule has 0 saturated heterocycles. The lowest BCUT2D eigenvalue weighted by Gasteiger charge is -2.18. The second-order valence-electron chi connectivity index (χ2n) is 5.70. The van der Waals surface area contributed by atoms with Crippen molar-refractivity contribution in [3.8, 4) is 0 Å². The molecule has 0 spiro atoms. The molecule has 0 N–H and O–H groups in total. The van der Waals surface area contributed by atoms with E-state index in [1.54, 1.807) is 42.1 Å². The second-order valence-corrected chi connectivity index (χ2v) is 8.17. The van der Waals surface area contributed by atoms with Gasteiger partial charge >= 0.3 is 0 Å². The SMILES string of the molecule is O=C(CC(Sc1cccc(Cl)c1Cl)c1ccccc1)c1ccc(Cl)cc1. The molecule has 0 aliphatic rings. The van der Waals surface area contributed by atoms with Crippen LogP contribution in [0.1, 0.15) is 27.6 Å². The Balaban J connectivity index is 1.87. The van der Waals surface area contributed by atoms with E-state index in [0.717, 1.165) is 10.5 Å².